The topological polar surface area (TPSA) is 21.3 Å². The Morgan fingerprint density at radius 1 is 0.808 bits per heavy atom. The molecule has 0 amide bonds. The first-order chi connectivity index (χ1) is 12.6. The van der Waals surface area contributed by atoms with Gasteiger partial charge in [0, 0.05) is 5.69 Å². The molecule has 2 nitrogen and oxygen atoms in total. The van der Waals surface area contributed by atoms with Crippen molar-refractivity contribution >= 4 is 5.69 Å². The smallest absolute Gasteiger partial charge is 0.119 e. The lowest BCUT2D eigenvalue weighted by atomic mass is 9.98. The molecule has 0 aliphatic carbocycles. The normalized spacial score (nSPS) is 12.0. The monoisotopic (exact) mass is 345 g/mol. The summed E-state index contributed by atoms with van der Waals surface area (Å²) in [4.78, 5) is 0. The lowest BCUT2D eigenvalue weighted by Crippen LogP contribution is -2.12. The molecule has 26 heavy (non-hydrogen) atoms. The van der Waals surface area contributed by atoms with Gasteiger partial charge in [-0.3, -0.25) is 0 Å². The zero-order valence-electron chi connectivity index (χ0n) is 15.8. The summed E-state index contributed by atoms with van der Waals surface area (Å²) in [7, 11) is 0. The second-order valence-electron chi connectivity index (χ2n) is 7.13. The molecule has 0 fully saturated rings. The van der Waals surface area contributed by atoms with E-state index in [0.717, 1.165) is 18.0 Å². The van der Waals surface area contributed by atoms with E-state index in [-0.39, 0.29) is 6.04 Å². The summed E-state index contributed by atoms with van der Waals surface area (Å²) in [5.74, 6) is 1.44. The minimum atomic E-state index is 0.0946. The molecule has 3 aromatic rings. The highest BCUT2D eigenvalue weighted by molar-refractivity contribution is 5.51. The average molecular weight is 345 g/mol. The van der Waals surface area contributed by atoms with E-state index in [1.807, 2.05) is 0 Å². The van der Waals surface area contributed by atoms with E-state index in [2.05, 4.69) is 105 Å². The molecule has 1 unspecified atom stereocenters. The second kappa shape index (κ2) is 8.57. The van der Waals surface area contributed by atoms with Crippen LogP contribution in [0.2, 0.25) is 0 Å². The molecule has 0 saturated carbocycles. The van der Waals surface area contributed by atoms with E-state index in [1.54, 1.807) is 0 Å². The lowest BCUT2D eigenvalue weighted by molar-refractivity contribution is 0.271. The Hall–Kier alpha value is -2.74. The molecule has 0 aliphatic rings. The molecule has 0 spiro atoms. The van der Waals surface area contributed by atoms with Crippen LogP contribution < -0.4 is 10.1 Å². The van der Waals surface area contributed by atoms with Crippen molar-refractivity contribution in [2.45, 2.75) is 26.8 Å². The van der Waals surface area contributed by atoms with Crippen molar-refractivity contribution in [3.05, 3.63) is 95.6 Å². The minimum absolute atomic E-state index is 0.0946. The highest BCUT2D eigenvalue weighted by Gasteiger charge is 2.14. The first kappa shape index (κ1) is 18.1. The van der Waals surface area contributed by atoms with Gasteiger partial charge < -0.3 is 10.1 Å². The maximum atomic E-state index is 5.82. The largest absolute Gasteiger partial charge is 0.493 e. The number of nitrogens with one attached hydrogen (secondary N) is 1. The summed E-state index contributed by atoms with van der Waals surface area (Å²) < 4.78 is 5.82. The fraction of sp³-hybridized carbons (Fsp3) is 0.250. The third-order valence-electron chi connectivity index (χ3n) is 4.26. The van der Waals surface area contributed by atoms with E-state index in [0.29, 0.717) is 5.92 Å². The van der Waals surface area contributed by atoms with E-state index in [1.165, 1.54) is 16.7 Å². The van der Waals surface area contributed by atoms with Gasteiger partial charge in [0.2, 0.25) is 0 Å². The van der Waals surface area contributed by atoms with Crippen LogP contribution in [0.3, 0.4) is 0 Å². The van der Waals surface area contributed by atoms with E-state index in [9.17, 15) is 0 Å². The molecule has 0 saturated heterocycles. The zero-order valence-corrected chi connectivity index (χ0v) is 15.8. The fourth-order valence-corrected chi connectivity index (χ4v) is 2.93. The van der Waals surface area contributed by atoms with Crippen LogP contribution in [-0.4, -0.2) is 6.61 Å². The van der Waals surface area contributed by atoms with Crippen LogP contribution in [0.4, 0.5) is 5.69 Å². The molecule has 3 rings (SSSR count). The van der Waals surface area contributed by atoms with Crippen molar-refractivity contribution in [1.82, 2.24) is 0 Å². The maximum absolute atomic E-state index is 5.82. The summed E-state index contributed by atoms with van der Waals surface area (Å²) in [5.41, 5.74) is 4.83. The molecule has 0 bridgehead atoms. The fourth-order valence-electron chi connectivity index (χ4n) is 2.93. The van der Waals surface area contributed by atoms with Crippen molar-refractivity contribution in [3.63, 3.8) is 0 Å². The molecule has 3 aromatic carbocycles. The summed E-state index contributed by atoms with van der Waals surface area (Å²) >= 11 is 0. The number of hydrogen-bond donors (Lipinski definition) is 1. The molecule has 0 heterocycles. The van der Waals surface area contributed by atoms with Gasteiger partial charge in [0.1, 0.15) is 5.75 Å². The van der Waals surface area contributed by atoms with Crippen molar-refractivity contribution < 1.29 is 4.74 Å². The Morgan fingerprint density at radius 2 is 1.50 bits per heavy atom. The van der Waals surface area contributed by atoms with Crippen LogP contribution in [0.15, 0.2) is 78.9 Å². The van der Waals surface area contributed by atoms with Gasteiger partial charge in [-0.1, -0.05) is 68.4 Å². The predicted molar refractivity (Wildman–Crippen MR) is 110 cm³/mol. The predicted octanol–water partition coefficient (Wildman–Crippen LogP) is 6.23. The number of anilines is 1. The van der Waals surface area contributed by atoms with E-state index < -0.39 is 0 Å². The number of rotatable bonds is 7. The van der Waals surface area contributed by atoms with Gasteiger partial charge in [-0.15, -0.1) is 0 Å². The van der Waals surface area contributed by atoms with E-state index in [4.69, 9.17) is 4.74 Å². The molecule has 0 radical (unpaired) electrons. The Kier molecular flexibility index (Phi) is 5.96. The van der Waals surface area contributed by atoms with Gasteiger partial charge >= 0.3 is 0 Å². The Morgan fingerprint density at radius 3 is 2.15 bits per heavy atom. The Balaban J connectivity index is 1.86. The molecule has 0 aromatic heterocycles. The third kappa shape index (κ3) is 4.89. The summed E-state index contributed by atoms with van der Waals surface area (Å²) in [6.45, 7) is 7.17. The van der Waals surface area contributed by atoms with Crippen LogP contribution in [0.1, 0.15) is 36.6 Å². The second-order valence-corrected chi connectivity index (χ2v) is 7.13. The summed E-state index contributed by atoms with van der Waals surface area (Å²) in [6.07, 6.45) is 0. The summed E-state index contributed by atoms with van der Waals surface area (Å²) in [6, 6.07) is 27.6. The standard InChI is InChI=1S/C24H27NO/c1-18(2)17-26-23-14-12-21(13-15-23)24(20-9-5-4-6-10-20)25-22-11-7-8-19(3)16-22/h4-16,18,24-25H,17H2,1-3H3. The quantitative estimate of drug-likeness (QED) is 0.548. The van der Waals surface area contributed by atoms with Gasteiger partial charge in [-0.05, 0) is 53.8 Å². The van der Waals surface area contributed by atoms with Gasteiger partial charge in [0.15, 0.2) is 0 Å². The summed E-state index contributed by atoms with van der Waals surface area (Å²) in [5, 5.41) is 3.68. The van der Waals surface area contributed by atoms with Gasteiger partial charge in [-0.2, -0.15) is 0 Å². The molecule has 1 N–H and O–H groups in total. The number of benzene rings is 3. The number of hydrogen-bond acceptors (Lipinski definition) is 2. The van der Waals surface area contributed by atoms with Gasteiger partial charge in [0.25, 0.3) is 0 Å². The van der Waals surface area contributed by atoms with Crippen molar-refractivity contribution in [1.29, 1.82) is 0 Å². The first-order valence-electron chi connectivity index (χ1n) is 9.23. The third-order valence-corrected chi connectivity index (χ3v) is 4.26. The molecular weight excluding hydrogens is 318 g/mol. The first-order valence-corrected chi connectivity index (χ1v) is 9.23. The van der Waals surface area contributed by atoms with Crippen molar-refractivity contribution in [2.24, 2.45) is 5.92 Å². The zero-order chi connectivity index (χ0) is 18.4. The molecule has 0 aliphatic heterocycles. The van der Waals surface area contributed by atoms with Crippen LogP contribution in [0, 0.1) is 12.8 Å². The van der Waals surface area contributed by atoms with Gasteiger partial charge in [0.05, 0.1) is 12.6 Å². The van der Waals surface area contributed by atoms with Crippen molar-refractivity contribution in [3.8, 4) is 5.75 Å². The lowest BCUT2D eigenvalue weighted by Gasteiger charge is -2.22. The highest BCUT2D eigenvalue weighted by atomic mass is 16.5. The van der Waals surface area contributed by atoms with Crippen LogP contribution in [0.25, 0.3) is 0 Å². The van der Waals surface area contributed by atoms with Crippen molar-refractivity contribution in [2.75, 3.05) is 11.9 Å². The highest BCUT2D eigenvalue weighted by Crippen LogP contribution is 2.28. The molecule has 1 atom stereocenters. The minimum Gasteiger partial charge on any atom is -0.493 e. The van der Waals surface area contributed by atoms with Crippen LogP contribution in [0.5, 0.6) is 5.75 Å². The number of aryl methyl sites for hydroxylation is 1. The molecule has 2 heteroatoms. The average Bonchev–Trinajstić information content (AvgIpc) is 2.66. The SMILES string of the molecule is Cc1cccc(NC(c2ccccc2)c2ccc(OCC(C)C)cc2)c1. The maximum Gasteiger partial charge on any atom is 0.119 e. The number of ether oxygens (including phenoxy) is 1. The Labute approximate surface area is 156 Å². The van der Waals surface area contributed by atoms with Gasteiger partial charge in [-0.25, -0.2) is 0 Å². The van der Waals surface area contributed by atoms with Crippen LogP contribution >= 0.6 is 0 Å². The van der Waals surface area contributed by atoms with E-state index >= 15 is 0 Å². The van der Waals surface area contributed by atoms with Crippen LogP contribution in [-0.2, 0) is 0 Å². The molecular formula is C24H27NO. The molecule has 134 valence electrons. The Bertz CT molecular complexity index is 809.